The number of rotatable bonds is 4. The summed E-state index contributed by atoms with van der Waals surface area (Å²) in [4.78, 5) is 8.01. The number of halogens is 3. The second-order valence-corrected chi connectivity index (χ2v) is 4.25. The van der Waals surface area contributed by atoms with E-state index in [0.29, 0.717) is 29.3 Å². The van der Waals surface area contributed by atoms with E-state index in [9.17, 15) is 13.2 Å². The van der Waals surface area contributed by atoms with Gasteiger partial charge in [-0.25, -0.2) is 15.8 Å². The number of nitrogens with zero attached hydrogens (tertiary/aromatic N) is 2. The summed E-state index contributed by atoms with van der Waals surface area (Å²) in [7, 11) is 0. The predicted molar refractivity (Wildman–Crippen MR) is 73.9 cm³/mol. The van der Waals surface area contributed by atoms with E-state index in [4.69, 9.17) is 5.84 Å². The maximum atomic E-state index is 12.7. The fourth-order valence-electron chi connectivity index (χ4n) is 1.89. The first-order valence-corrected chi connectivity index (χ1v) is 6.20. The summed E-state index contributed by atoms with van der Waals surface area (Å²) in [6.45, 7) is 1.87. The Labute approximate surface area is 119 Å². The van der Waals surface area contributed by atoms with Crippen LogP contribution >= 0.6 is 0 Å². The number of hydrogen-bond acceptors (Lipinski definition) is 5. The van der Waals surface area contributed by atoms with Crippen LogP contribution in [-0.2, 0) is 12.6 Å². The van der Waals surface area contributed by atoms with Crippen LogP contribution < -0.4 is 16.6 Å². The van der Waals surface area contributed by atoms with Gasteiger partial charge >= 0.3 is 6.18 Å². The molecule has 8 heteroatoms. The zero-order valence-electron chi connectivity index (χ0n) is 11.2. The Kier molecular flexibility index (Phi) is 4.27. The van der Waals surface area contributed by atoms with Crippen LogP contribution in [0.15, 0.2) is 30.6 Å². The summed E-state index contributed by atoms with van der Waals surface area (Å²) in [5.74, 6) is 6.20. The second kappa shape index (κ2) is 5.96. The lowest BCUT2D eigenvalue weighted by atomic mass is 10.1. The minimum absolute atomic E-state index is 0.293. The van der Waals surface area contributed by atoms with Crippen LogP contribution in [0.4, 0.5) is 30.5 Å². The molecule has 0 fully saturated rings. The van der Waals surface area contributed by atoms with E-state index in [1.54, 1.807) is 0 Å². The van der Waals surface area contributed by atoms with Gasteiger partial charge in [-0.2, -0.15) is 13.2 Å². The Bertz CT molecular complexity index is 627. The Morgan fingerprint density at radius 1 is 1.19 bits per heavy atom. The van der Waals surface area contributed by atoms with Gasteiger partial charge in [0, 0.05) is 11.3 Å². The lowest BCUT2D eigenvalue weighted by molar-refractivity contribution is -0.137. The minimum Gasteiger partial charge on any atom is -0.340 e. The number of aromatic nitrogens is 2. The number of anilines is 3. The van der Waals surface area contributed by atoms with Crippen molar-refractivity contribution in [2.45, 2.75) is 19.5 Å². The molecule has 0 saturated carbocycles. The van der Waals surface area contributed by atoms with E-state index in [1.165, 1.54) is 18.5 Å². The number of nitrogens with one attached hydrogen (secondary N) is 2. The fraction of sp³-hybridized carbons (Fsp3) is 0.231. The predicted octanol–water partition coefficient (Wildman–Crippen LogP) is 3.09. The van der Waals surface area contributed by atoms with Crippen LogP contribution in [0, 0.1) is 0 Å². The first kappa shape index (κ1) is 15.0. The number of alkyl halides is 3. The molecule has 0 aliphatic rings. The van der Waals surface area contributed by atoms with Crippen molar-refractivity contribution < 1.29 is 13.2 Å². The topological polar surface area (TPSA) is 75.9 Å². The number of hydrogen-bond donors (Lipinski definition) is 3. The SMILES string of the molecule is CCc1c(NN)ncnc1Nc1cccc(C(F)(F)F)c1. The molecule has 0 aliphatic heterocycles. The standard InChI is InChI=1S/C13H14F3N5/c1-2-10-11(18-7-19-12(10)21-17)20-9-5-3-4-8(6-9)13(14,15)16/h3-7H,2,17H2,1H3,(H2,18,19,20,21). The third-order valence-corrected chi connectivity index (χ3v) is 2.89. The lowest BCUT2D eigenvalue weighted by Gasteiger charge is -2.14. The van der Waals surface area contributed by atoms with E-state index in [0.717, 1.165) is 12.1 Å². The van der Waals surface area contributed by atoms with Gasteiger partial charge in [-0.1, -0.05) is 13.0 Å². The average Bonchev–Trinajstić information content (AvgIpc) is 2.46. The average molecular weight is 297 g/mol. The lowest BCUT2D eigenvalue weighted by Crippen LogP contribution is -2.13. The summed E-state index contributed by atoms with van der Waals surface area (Å²) in [5, 5.41) is 2.86. The van der Waals surface area contributed by atoms with Gasteiger partial charge in [-0.05, 0) is 24.6 Å². The molecule has 2 rings (SSSR count). The summed E-state index contributed by atoms with van der Waals surface area (Å²) < 4.78 is 38.1. The van der Waals surface area contributed by atoms with Crippen LogP contribution in [0.25, 0.3) is 0 Å². The third-order valence-electron chi connectivity index (χ3n) is 2.89. The molecule has 0 aliphatic carbocycles. The highest BCUT2D eigenvalue weighted by atomic mass is 19.4. The zero-order valence-corrected chi connectivity index (χ0v) is 11.2. The molecule has 0 atom stereocenters. The van der Waals surface area contributed by atoms with Gasteiger partial charge < -0.3 is 10.7 Å². The van der Waals surface area contributed by atoms with Crippen LogP contribution in [-0.4, -0.2) is 9.97 Å². The van der Waals surface area contributed by atoms with Crippen LogP contribution in [0.1, 0.15) is 18.1 Å². The Morgan fingerprint density at radius 3 is 2.52 bits per heavy atom. The molecule has 0 bridgehead atoms. The fourth-order valence-corrected chi connectivity index (χ4v) is 1.89. The number of nitrogens with two attached hydrogens (primary N) is 1. The van der Waals surface area contributed by atoms with Crippen molar-refractivity contribution in [2.75, 3.05) is 10.7 Å². The van der Waals surface area contributed by atoms with Crippen molar-refractivity contribution >= 4 is 17.3 Å². The highest BCUT2D eigenvalue weighted by molar-refractivity contribution is 5.65. The van der Waals surface area contributed by atoms with E-state index in [2.05, 4.69) is 20.7 Å². The van der Waals surface area contributed by atoms with E-state index >= 15 is 0 Å². The Hall–Kier alpha value is -2.35. The largest absolute Gasteiger partial charge is 0.416 e. The molecule has 2 aromatic rings. The van der Waals surface area contributed by atoms with Crippen LogP contribution in [0.3, 0.4) is 0 Å². The van der Waals surface area contributed by atoms with Crippen molar-refractivity contribution in [3.63, 3.8) is 0 Å². The zero-order chi connectivity index (χ0) is 15.5. The highest BCUT2D eigenvalue weighted by Crippen LogP contribution is 2.32. The summed E-state index contributed by atoms with van der Waals surface area (Å²) in [6, 6.07) is 4.91. The first-order chi connectivity index (χ1) is 9.95. The molecule has 0 amide bonds. The Morgan fingerprint density at radius 2 is 1.90 bits per heavy atom. The number of hydrazine groups is 1. The summed E-state index contributed by atoms with van der Waals surface area (Å²) >= 11 is 0. The van der Waals surface area contributed by atoms with Gasteiger partial charge in [0.1, 0.15) is 18.0 Å². The molecule has 1 heterocycles. The quantitative estimate of drug-likeness (QED) is 0.597. The highest BCUT2D eigenvalue weighted by Gasteiger charge is 2.30. The van der Waals surface area contributed by atoms with Gasteiger partial charge in [0.2, 0.25) is 0 Å². The molecule has 112 valence electrons. The maximum absolute atomic E-state index is 12.7. The Balaban J connectivity index is 2.35. The molecule has 21 heavy (non-hydrogen) atoms. The van der Waals surface area contributed by atoms with Crippen LogP contribution in [0.2, 0.25) is 0 Å². The van der Waals surface area contributed by atoms with Crippen molar-refractivity contribution in [1.29, 1.82) is 0 Å². The van der Waals surface area contributed by atoms with Crippen molar-refractivity contribution in [1.82, 2.24) is 9.97 Å². The van der Waals surface area contributed by atoms with Crippen molar-refractivity contribution in [2.24, 2.45) is 5.84 Å². The molecule has 0 saturated heterocycles. The molecule has 4 N–H and O–H groups in total. The second-order valence-electron chi connectivity index (χ2n) is 4.25. The number of benzene rings is 1. The van der Waals surface area contributed by atoms with Crippen LogP contribution in [0.5, 0.6) is 0 Å². The smallest absolute Gasteiger partial charge is 0.340 e. The monoisotopic (exact) mass is 297 g/mol. The van der Waals surface area contributed by atoms with Gasteiger partial charge in [0.05, 0.1) is 5.56 Å². The molecule has 5 nitrogen and oxygen atoms in total. The molecule has 0 spiro atoms. The van der Waals surface area contributed by atoms with E-state index in [1.807, 2.05) is 6.92 Å². The number of nitrogen functional groups attached to an aromatic ring is 1. The summed E-state index contributed by atoms with van der Waals surface area (Å²) in [5.41, 5.74) is 2.70. The molecule has 0 unspecified atom stereocenters. The molecular weight excluding hydrogens is 283 g/mol. The molecule has 1 aromatic heterocycles. The molecule has 1 aromatic carbocycles. The van der Waals surface area contributed by atoms with Crippen molar-refractivity contribution in [3.8, 4) is 0 Å². The van der Waals surface area contributed by atoms with Gasteiger partial charge in [0.15, 0.2) is 0 Å². The minimum atomic E-state index is -4.39. The first-order valence-electron chi connectivity index (χ1n) is 6.20. The summed E-state index contributed by atoms with van der Waals surface area (Å²) in [6.07, 6.45) is -2.53. The van der Waals surface area contributed by atoms with Gasteiger partial charge in [0.25, 0.3) is 0 Å². The van der Waals surface area contributed by atoms with E-state index < -0.39 is 11.7 Å². The van der Waals surface area contributed by atoms with Crippen molar-refractivity contribution in [3.05, 3.63) is 41.7 Å². The maximum Gasteiger partial charge on any atom is 0.416 e. The van der Waals surface area contributed by atoms with Gasteiger partial charge in [-0.3, -0.25) is 0 Å². The molecular formula is C13H14F3N5. The molecule has 0 radical (unpaired) electrons. The van der Waals surface area contributed by atoms with E-state index in [-0.39, 0.29) is 0 Å². The third kappa shape index (κ3) is 3.40. The van der Waals surface area contributed by atoms with Gasteiger partial charge in [-0.15, -0.1) is 0 Å². The normalized spacial score (nSPS) is 11.3.